The van der Waals surface area contributed by atoms with E-state index in [0.29, 0.717) is 18.6 Å². The molecule has 12 heavy (non-hydrogen) atoms. The Hall–Kier alpha value is -0.830. The van der Waals surface area contributed by atoms with Gasteiger partial charge in [0.1, 0.15) is 0 Å². The van der Waals surface area contributed by atoms with Gasteiger partial charge in [0, 0.05) is 5.57 Å². The van der Waals surface area contributed by atoms with E-state index in [9.17, 15) is 4.79 Å². The highest BCUT2D eigenvalue weighted by atomic mass is 16.5. The van der Waals surface area contributed by atoms with Gasteiger partial charge in [0.05, 0.1) is 6.61 Å². The maximum Gasteiger partial charge on any atom is 0.333 e. The third-order valence-electron chi connectivity index (χ3n) is 1.47. The van der Waals surface area contributed by atoms with Gasteiger partial charge in [0.2, 0.25) is 0 Å². The van der Waals surface area contributed by atoms with Crippen molar-refractivity contribution in [1.29, 1.82) is 0 Å². The summed E-state index contributed by atoms with van der Waals surface area (Å²) in [5.41, 5.74) is 0.562. The Morgan fingerprint density at radius 3 is 2.75 bits per heavy atom. The SMILES string of the molecule is C=C(CCCNC)C(=O)OCC. The van der Waals surface area contributed by atoms with E-state index in [1.807, 2.05) is 7.05 Å². The summed E-state index contributed by atoms with van der Waals surface area (Å²) in [6.07, 6.45) is 1.63. The molecule has 0 saturated carbocycles. The van der Waals surface area contributed by atoms with Crippen molar-refractivity contribution >= 4 is 5.97 Å². The van der Waals surface area contributed by atoms with Gasteiger partial charge in [-0.25, -0.2) is 4.79 Å². The zero-order valence-electron chi connectivity index (χ0n) is 7.85. The summed E-state index contributed by atoms with van der Waals surface area (Å²) >= 11 is 0. The van der Waals surface area contributed by atoms with Gasteiger partial charge in [0.25, 0.3) is 0 Å². The second kappa shape index (κ2) is 6.85. The highest BCUT2D eigenvalue weighted by Gasteiger charge is 2.05. The Morgan fingerprint density at radius 1 is 1.58 bits per heavy atom. The van der Waals surface area contributed by atoms with Crippen molar-refractivity contribution in [2.24, 2.45) is 0 Å². The van der Waals surface area contributed by atoms with Gasteiger partial charge in [-0.3, -0.25) is 0 Å². The first-order chi connectivity index (χ1) is 5.72. The van der Waals surface area contributed by atoms with Crippen LogP contribution in [0.15, 0.2) is 12.2 Å². The zero-order chi connectivity index (χ0) is 9.40. The van der Waals surface area contributed by atoms with Crippen LogP contribution < -0.4 is 5.32 Å². The normalized spacial score (nSPS) is 9.50. The van der Waals surface area contributed by atoms with E-state index in [0.717, 1.165) is 13.0 Å². The Kier molecular flexibility index (Phi) is 6.38. The van der Waals surface area contributed by atoms with Crippen molar-refractivity contribution in [3.63, 3.8) is 0 Å². The Bertz CT molecular complexity index is 155. The fourth-order valence-electron chi connectivity index (χ4n) is 0.814. The van der Waals surface area contributed by atoms with Crippen LogP contribution in [0.3, 0.4) is 0 Å². The summed E-state index contributed by atoms with van der Waals surface area (Å²) in [5.74, 6) is -0.270. The molecule has 0 aromatic carbocycles. The van der Waals surface area contributed by atoms with E-state index < -0.39 is 0 Å². The molecule has 70 valence electrons. The maximum absolute atomic E-state index is 11.0. The molecule has 0 fully saturated rings. The zero-order valence-corrected chi connectivity index (χ0v) is 7.85. The van der Waals surface area contributed by atoms with Gasteiger partial charge in [0.15, 0.2) is 0 Å². The summed E-state index contributed by atoms with van der Waals surface area (Å²) in [7, 11) is 1.88. The maximum atomic E-state index is 11.0. The van der Waals surface area contributed by atoms with Crippen molar-refractivity contribution in [2.45, 2.75) is 19.8 Å². The minimum absolute atomic E-state index is 0.270. The number of hydrogen-bond acceptors (Lipinski definition) is 3. The molecule has 1 N–H and O–H groups in total. The van der Waals surface area contributed by atoms with E-state index in [-0.39, 0.29) is 5.97 Å². The molecule has 0 aromatic heterocycles. The van der Waals surface area contributed by atoms with Gasteiger partial charge in [-0.05, 0) is 33.4 Å². The van der Waals surface area contributed by atoms with Crippen LogP contribution >= 0.6 is 0 Å². The molecule has 0 aliphatic rings. The lowest BCUT2D eigenvalue weighted by Gasteiger charge is -2.04. The van der Waals surface area contributed by atoms with Gasteiger partial charge in [-0.2, -0.15) is 0 Å². The van der Waals surface area contributed by atoms with Crippen LogP contribution in [0.5, 0.6) is 0 Å². The number of carbonyl (C=O) groups excluding carboxylic acids is 1. The van der Waals surface area contributed by atoms with E-state index in [4.69, 9.17) is 4.74 Å². The minimum Gasteiger partial charge on any atom is -0.463 e. The lowest BCUT2D eigenvalue weighted by Crippen LogP contribution is -2.11. The van der Waals surface area contributed by atoms with Crippen molar-refractivity contribution < 1.29 is 9.53 Å². The molecular formula is C9H17NO2. The summed E-state index contributed by atoms with van der Waals surface area (Å²) in [4.78, 5) is 11.0. The van der Waals surface area contributed by atoms with Crippen LogP contribution in [0.1, 0.15) is 19.8 Å². The Labute approximate surface area is 73.8 Å². The molecule has 0 unspecified atom stereocenters. The average Bonchev–Trinajstić information content (AvgIpc) is 2.05. The first-order valence-corrected chi connectivity index (χ1v) is 4.21. The minimum atomic E-state index is -0.270. The number of esters is 1. The highest BCUT2D eigenvalue weighted by molar-refractivity contribution is 5.87. The molecule has 3 nitrogen and oxygen atoms in total. The molecule has 0 amide bonds. The first kappa shape index (κ1) is 11.2. The number of rotatable bonds is 6. The van der Waals surface area contributed by atoms with Gasteiger partial charge < -0.3 is 10.1 Å². The van der Waals surface area contributed by atoms with E-state index >= 15 is 0 Å². The molecule has 0 rings (SSSR count). The third kappa shape index (κ3) is 4.91. The predicted molar refractivity (Wildman–Crippen MR) is 48.9 cm³/mol. The lowest BCUT2D eigenvalue weighted by molar-refractivity contribution is -0.138. The number of ether oxygens (including phenoxy) is 1. The number of carbonyl (C=O) groups is 1. The molecule has 0 aliphatic heterocycles. The van der Waals surface area contributed by atoms with Gasteiger partial charge in [-0.15, -0.1) is 0 Å². The standard InChI is InChI=1S/C9H17NO2/c1-4-12-9(11)8(2)6-5-7-10-3/h10H,2,4-7H2,1,3H3. The lowest BCUT2D eigenvalue weighted by atomic mass is 10.2. The van der Waals surface area contributed by atoms with Gasteiger partial charge >= 0.3 is 5.97 Å². The largest absolute Gasteiger partial charge is 0.463 e. The van der Waals surface area contributed by atoms with Crippen LogP contribution in [0.2, 0.25) is 0 Å². The quantitative estimate of drug-likeness (QED) is 0.369. The first-order valence-electron chi connectivity index (χ1n) is 4.21. The highest BCUT2D eigenvalue weighted by Crippen LogP contribution is 2.03. The molecule has 0 bridgehead atoms. The van der Waals surface area contributed by atoms with Gasteiger partial charge in [-0.1, -0.05) is 6.58 Å². The topological polar surface area (TPSA) is 38.3 Å². The van der Waals surface area contributed by atoms with Crippen molar-refractivity contribution in [2.75, 3.05) is 20.2 Å². The summed E-state index contributed by atoms with van der Waals surface area (Å²) in [6, 6.07) is 0. The Morgan fingerprint density at radius 2 is 2.25 bits per heavy atom. The molecule has 0 aromatic rings. The molecular weight excluding hydrogens is 154 g/mol. The summed E-state index contributed by atoms with van der Waals surface area (Å²) < 4.78 is 4.78. The molecule has 0 aliphatic carbocycles. The van der Waals surface area contributed by atoms with Crippen LogP contribution in [-0.4, -0.2) is 26.2 Å². The van der Waals surface area contributed by atoms with Crippen LogP contribution in [0, 0.1) is 0 Å². The van der Waals surface area contributed by atoms with Crippen molar-refractivity contribution in [1.82, 2.24) is 5.32 Å². The number of hydrogen-bond donors (Lipinski definition) is 1. The monoisotopic (exact) mass is 171 g/mol. The summed E-state index contributed by atoms with van der Waals surface area (Å²) in [5, 5.41) is 3.00. The van der Waals surface area contributed by atoms with Crippen LogP contribution in [0.4, 0.5) is 0 Å². The molecule has 3 heteroatoms. The predicted octanol–water partition coefficient (Wildman–Crippen LogP) is 1.11. The molecule has 0 heterocycles. The molecule has 0 atom stereocenters. The molecule has 0 radical (unpaired) electrons. The van der Waals surface area contributed by atoms with Crippen LogP contribution in [0.25, 0.3) is 0 Å². The fourth-order valence-corrected chi connectivity index (χ4v) is 0.814. The third-order valence-corrected chi connectivity index (χ3v) is 1.47. The van der Waals surface area contributed by atoms with E-state index in [1.54, 1.807) is 6.92 Å². The molecule has 0 spiro atoms. The second-order valence-electron chi connectivity index (χ2n) is 2.53. The number of nitrogens with one attached hydrogen (secondary N) is 1. The average molecular weight is 171 g/mol. The van der Waals surface area contributed by atoms with Crippen molar-refractivity contribution in [3.8, 4) is 0 Å². The Balaban J connectivity index is 3.50. The van der Waals surface area contributed by atoms with Crippen LogP contribution in [-0.2, 0) is 9.53 Å². The summed E-state index contributed by atoms with van der Waals surface area (Å²) in [6.45, 7) is 6.75. The van der Waals surface area contributed by atoms with E-state index in [1.165, 1.54) is 0 Å². The second-order valence-corrected chi connectivity index (χ2v) is 2.53. The van der Waals surface area contributed by atoms with Crippen molar-refractivity contribution in [3.05, 3.63) is 12.2 Å². The van der Waals surface area contributed by atoms with E-state index in [2.05, 4.69) is 11.9 Å². The molecule has 0 saturated heterocycles. The smallest absolute Gasteiger partial charge is 0.333 e. The fraction of sp³-hybridized carbons (Fsp3) is 0.667.